The van der Waals surface area contributed by atoms with E-state index in [1.807, 2.05) is 0 Å². The number of rotatable bonds is 5. The molecule has 3 nitrogen and oxygen atoms in total. The third-order valence-corrected chi connectivity index (χ3v) is 2.64. The summed E-state index contributed by atoms with van der Waals surface area (Å²) in [6.07, 6.45) is -2.71. The van der Waals surface area contributed by atoms with Crippen LogP contribution in [-0.2, 0) is 22.3 Å². The van der Waals surface area contributed by atoms with Crippen LogP contribution in [0.1, 0.15) is 18.1 Å². The SMILES string of the molecule is COC(=O)/C(C)=C/CNCc1cccc(C(F)(F)F)c1. The van der Waals surface area contributed by atoms with Crippen LogP contribution in [0, 0.1) is 0 Å². The van der Waals surface area contributed by atoms with Crippen molar-refractivity contribution in [3.05, 3.63) is 47.0 Å². The molecule has 0 aliphatic heterocycles. The number of hydrogen-bond donors (Lipinski definition) is 1. The molecule has 1 rings (SSSR count). The summed E-state index contributed by atoms with van der Waals surface area (Å²) in [5.41, 5.74) is 0.311. The second kappa shape index (κ2) is 7.09. The van der Waals surface area contributed by atoms with E-state index in [1.165, 1.54) is 13.2 Å². The summed E-state index contributed by atoms with van der Waals surface area (Å²) in [5.74, 6) is -0.425. The third-order valence-electron chi connectivity index (χ3n) is 2.64. The van der Waals surface area contributed by atoms with Gasteiger partial charge in [-0.15, -0.1) is 0 Å². The molecule has 0 atom stereocenters. The summed E-state index contributed by atoms with van der Waals surface area (Å²) in [6.45, 7) is 2.27. The summed E-state index contributed by atoms with van der Waals surface area (Å²) in [6, 6.07) is 5.11. The standard InChI is InChI=1S/C14H16F3NO2/c1-10(13(19)20-2)6-7-18-9-11-4-3-5-12(8-11)14(15,16)17/h3-6,8,18H,7,9H2,1-2H3/b10-6+. The van der Waals surface area contributed by atoms with Gasteiger partial charge in [0, 0.05) is 18.7 Å². The Balaban J connectivity index is 2.53. The summed E-state index contributed by atoms with van der Waals surface area (Å²) in [5, 5.41) is 2.94. The largest absolute Gasteiger partial charge is 0.466 e. The van der Waals surface area contributed by atoms with Gasteiger partial charge in [0.25, 0.3) is 0 Å². The zero-order valence-corrected chi connectivity index (χ0v) is 11.3. The van der Waals surface area contributed by atoms with Gasteiger partial charge in [-0.25, -0.2) is 4.79 Å². The van der Waals surface area contributed by atoms with Gasteiger partial charge in [-0.1, -0.05) is 24.3 Å². The van der Waals surface area contributed by atoms with Gasteiger partial charge in [0.05, 0.1) is 12.7 Å². The molecule has 0 spiro atoms. The Labute approximate surface area is 115 Å². The van der Waals surface area contributed by atoms with Gasteiger partial charge in [-0.05, 0) is 18.6 Å². The Morgan fingerprint density at radius 1 is 1.40 bits per heavy atom. The third kappa shape index (κ3) is 5.05. The van der Waals surface area contributed by atoms with E-state index in [-0.39, 0.29) is 6.54 Å². The molecule has 0 aliphatic rings. The smallest absolute Gasteiger partial charge is 0.416 e. The van der Waals surface area contributed by atoms with Crippen molar-refractivity contribution in [1.82, 2.24) is 5.32 Å². The van der Waals surface area contributed by atoms with E-state index >= 15 is 0 Å². The Kier molecular flexibility index (Phi) is 5.76. The van der Waals surface area contributed by atoms with Crippen molar-refractivity contribution in [3.63, 3.8) is 0 Å². The molecule has 0 radical (unpaired) electrons. The molecular formula is C14H16F3NO2. The van der Waals surface area contributed by atoms with Gasteiger partial charge >= 0.3 is 12.1 Å². The lowest BCUT2D eigenvalue weighted by molar-refractivity contribution is -0.138. The molecule has 1 aromatic carbocycles. The highest BCUT2D eigenvalue weighted by Crippen LogP contribution is 2.29. The molecule has 6 heteroatoms. The lowest BCUT2D eigenvalue weighted by Crippen LogP contribution is -2.15. The molecule has 110 valence electrons. The van der Waals surface area contributed by atoms with Crippen molar-refractivity contribution in [1.29, 1.82) is 0 Å². The first kappa shape index (κ1) is 16.2. The Bertz CT molecular complexity index is 495. The van der Waals surface area contributed by atoms with Crippen molar-refractivity contribution < 1.29 is 22.7 Å². The number of esters is 1. The number of carbonyl (C=O) groups excluding carboxylic acids is 1. The maximum Gasteiger partial charge on any atom is 0.416 e. The monoisotopic (exact) mass is 287 g/mol. The minimum Gasteiger partial charge on any atom is -0.466 e. The average molecular weight is 287 g/mol. The molecule has 0 bridgehead atoms. The molecule has 0 amide bonds. The first-order chi connectivity index (χ1) is 9.34. The van der Waals surface area contributed by atoms with Crippen LogP contribution in [0.3, 0.4) is 0 Å². The summed E-state index contributed by atoms with van der Waals surface area (Å²) in [4.78, 5) is 11.1. The molecule has 0 saturated heterocycles. The molecule has 0 aliphatic carbocycles. The number of alkyl halides is 3. The number of carbonyl (C=O) groups is 1. The molecule has 0 unspecified atom stereocenters. The Hall–Kier alpha value is -1.82. The van der Waals surface area contributed by atoms with Crippen LogP contribution in [0.25, 0.3) is 0 Å². The van der Waals surface area contributed by atoms with Crippen molar-refractivity contribution in [3.8, 4) is 0 Å². The lowest BCUT2D eigenvalue weighted by Gasteiger charge is -2.09. The molecular weight excluding hydrogens is 271 g/mol. The Morgan fingerprint density at radius 3 is 2.70 bits per heavy atom. The van der Waals surface area contributed by atoms with Crippen molar-refractivity contribution in [2.24, 2.45) is 0 Å². The highest BCUT2D eigenvalue weighted by molar-refractivity contribution is 5.87. The van der Waals surface area contributed by atoms with Crippen LogP contribution in [0.5, 0.6) is 0 Å². The number of nitrogens with one attached hydrogen (secondary N) is 1. The number of benzene rings is 1. The van der Waals surface area contributed by atoms with Crippen LogP contribution < -0.4 is 5.32 Å². The number of hydrogen-bond acceptors (Lipinski definition) is 3. The number of ether oxygens (including phenoxy) is 1. The van der Waals surface area contributed by atoms with Gasteiger partial charge < -0.3 is 10.1 Å². The van der Waals surface area contributed by atoms with E-state index in [4.69, 9.17) is 0 Å². The molecule has 0 aromatic heterocycles. The van der Waals surface area contributed by atoms with Gasteiger partial charge in [0.2, 0.25) is 0 Å². The number of methoxy groups -OCH3 is 1. The summed E-state index contributed by atoms with van der Waals surface area (Å²) in [7, 11) is 1.29. The lowest BCUT2D eigenvalue weighted by atomic mass is 10.1. The quantitative estimate of drug-likeness (QED) is 0.514. The minimum atomic E-state index is -4.34. The second-order valence-corrected chi connectivity index (χ2v) is 4.21. The molecule has 0 heterocycles. The van der Waals surface area contributed by atoms with Crippen molar-refractivity contribution in [2.75, 3.05) is 13.7 Å². The fourth-order valence-corrected chi connectivity index (χ4v) is 1.54. The minimum absolute atomic E-state index is 0.287. The van der Waals surface area contributed by atoms with Crippen LogP contribution in [0.2, 0.25) is 0 Å². The highest BCUT2D eigenvalue weighted by atomic mass is 19.4. The van der Waals surface area contributed by atoms with Crippen LogP contribution >= 0.6 is 0 Å². The van der Waals surface area contributed by atoms with E-state index in [0.29, 0.717) is 17.7 Å². The van der Waals surface area contributed by atoms with Crippen molar-refractivity contribution in [2.45, 2.75) is 19.6 Å². The molecule has 20 heavy (non-hydrogen) atoms. The summed E-state index contributed by atoms with van der Waals surface area (Å²) < 4.78 is 42.0. The maximum absolute atomic E-state index is 12.5. The first-order valence-corrected chi connectivity index (χ1v) is 5.96. The normalized spacial score (nSPS) is 12.3. The zero-order valence-electron chi connectivity index (χ0n) is 11.3. The highest BCUT2D eigenvalue weighted by Gasteiger charge is 2.30. The van der Waals surface area contributed by atoms with Gasteiger partial charge in [-0.2, -0.15) is 13.2 Å². The van der Waals surface area contributed by atoms with E-state index < -0.39 is 17.7 Å². The van der Waals surface area contributed by atoms with E-state index in [2.05, 4.69) is 10.1 Å². The molecule has 0 fully saturated rings. The van der Waals surface area contributed by atoms with Gasteiger partial charge in [0.1, 0.15) is 0 Å². The van der Waals surface area contributed by atoms with Gasteiger partial charge in [0.15, 0.2) is 0 Å². The van der Waals surface area contributed by atoms with E-state index in [1.54, 1.807) is 19.1 Å². The average Bonchev–Trinajstić information content (AvgIpc) is 2.41. The van der Waals surface area contributed by atoms with Crippen LogP contribution in [0.15, 0.2) is 35.9 Å². The van der Waals surface area contributed by atoms with E-state index in [0.717, 1.165) is 12.1 Å². The number of halogens is 3. The summed E-state index contributed by atoms with van der Waals surface area (Å²) >= 11 is 0. The van der Waals surface area contributed by atoms with Crippen LogP contribution in [-0.4, -0.2) is 19.6 Å². The second-order valence-electron chi connectivity index (χ2n) is 4.21. The topological polar surface area (TPSA) is 38.3 Å². The molecule has 0 saturated carbocycles. The Morgan fingerprint density at radius 2 is 2.10 bits per heavy atom. The molecule has 1 N–H and O–H groups in total. The van der Waals surface area contributed by atoms with Gasteiger partial charge in [-0.3, -0.25) is 0 Å². The zero-order chi connectivity index (χ0) is 15.2. The predicted octanol–water partition coefficient (Wildman–Crippen LogP) is 2.91. The fourth-order valence-electron chi connectivity index (χ4n) is 1.54. The van der Waals surface area contributed by atoms with Crippen molar-refractivity contribution >= 4 is 5.97 Å². The maximum atomic E-state index is 12.5. The van der Waals surface area contributed by atoms with E-state index in [9.17, 15) is 18.0 Å². The molecule has 1 aromatic rings. The predicted molar refractivity (Wildman–Crippen MR) is 68.9 cm³/mol. The van der Waals surface area contributed by atoms with Crippen LogP contribution in [0.4, 0.5) is 13.2 Å². The fraction of sp³-hybridized carbons (Fsp3) is 0.357. The first-order valence-electron chi connectivity index (χ1n) is 5.96.